The molecule has 0 aromatic heterocycles. The van der Waals surface area contributed by atoms with Gasteiger partial charge in [-0.2, -0.15) is 0 Å². The van der Waals surface area contributed by atoms with Gasteiger partial charge in [-0.25, -0.2) is 0 Å². The molecule has 88 valence electrons. The molecular weight excluding hydrogens is 186 g/mol. The maximum Gasteiger partial charge on any atom is 0.0637 e. The summed E-state index contributed by atoms with van der Waals surface area (Å²) in [6.45, 7) is 6.52. The summed E-state index contributed by atoms with van der Waals surface area (Å²) >= 11 is 0. The van der Waals surface area contributed by atoms with Crippen LogP contribution >= 0.6 is 0 Å². The number of hydrogen-bond donors (Lipinski definition) is 1. The summed E-state index contributed by atoms with van der Waals surface area (Å²) in [6, 6.07) is 1.08. The first-order valence-corrected chi connectivity index (χ1v) is 6.01. The van der Waals surface area contributed by atoms with Crippen molar-refractivity contribution in [1.82, 2.24) is 5.32 Å². The fourth-order valence-corrected chi connectivity index (χ4v) is 2.20. The Morgan fingerprint density at radius 2 is 2.27 bits per heavy atom. The van der Waals surface area contributed by atoms with Crippen molar-refractivity contribution in [2.24, 2.45) is 0 Å². The largest absolute Gasteiger partial charge is 0.379 e. The van der Waals surface area contributed by atoms with E-state index >= 15 is 0 Å². The molecule has 1 aliphatic rings. The van der Waals surface area contributed by atoms with Crippen molar-refractivity contribution < 1.29 is 4.74 Å². The molecule has 0 amide bonds. The van der Waals surface area contributed by atoms with Crippen molar-refractivity contribution in [2.75, 3.05) is 7.11 Å². The quantitative estimate of drug-likeness (QED) is 0.706. The highest BCUT2D eigenvalue weighted by molar-refractivity contribution is 4.98. The van der Waals surface area contributed by atoms with E-state index in [1.54, 1.807) is 7.11 Å². The van der Waals surface area contributed by atoms with Crippen molar-refractivity contribution in [3.8, 4) is 0 Å². The number of methoxy groups -OCH3 is 1. The third-order valence-corrected chi connectivity index (χ3v) is 3.10. The number of rotatable bonds is 5. The predicted molar refractivity (Wildman–Crippen MR) is 65.1 cm³/mol. The first kappa shape index (κ1) is 12.7. The molecule has 0 bridgehead atoms. The molecule has 1 rings (SSSR count). The summed E-state index contributed by atoms with van der Waals surface area (Å²) in [7, 11) is 1.78. The molecule has 0 aromatic carbocycles. The monoisotopic (exact) mass is 211 g/mol. The van der Waals surface area contributed by atoms with Crippen molar-refractivity contribution in [1.29, 1.82) is 0 Å². The molecule has 0 saturated carbocycles. The van der Waals surface area contributed by atoms with E-state index in [0.717, 1.165) is 6.42 Å². The van der Waals surface area contributed by atoms with Crippen molar-refractivity contribution >= 4 is 0 Å². The standard InChI is InChI=1S/C13H25NO/c1-11(10-13(2,3)15-4)14-12-8-6-5-7-9-12/h6,8,11-12,14H,5,7,9-10H2,1-4H3. The average Bonchev–Trinajstić information content (AvgIpc) is 2.18. The van der Waals surface area contributed by atoms with E-state index in [2.05, 4.69) is 38.2 Å². The maximum atomic E-state index is 5.44. The van der Waals surface area contributed by atoms with Crippen LogP contribution in [-0.2, 0) is 4.74 Å². The molecule has 15 heavy (non-hydrogen) atoms. The first-order chi connectivity index (χ1) is 7.03. The Bertz CT molecular complexity index is 211. The molecule has 1 aliphatic carbocycles. The zero-order valence-electron chi connectivity index (χ0n) is 10.5. The molecule has 0 radical (unpaired) electrons. The van der Waals surface area contributed by atoms with E-state index in [4.69, 9.17) is 4.74 Å². The molecule has 2 nitrogen and oxygen atoms in total. The van der Waals surface area contributed by atoms with Crippen LogP contribution < -0.4 is 5.32 Å². The summed E-state index contributed by atoms with van der Waals surface area (Å²) in [6.07, 6.45) is 9.47. The molecule has 2 unspecified atom stereocenters. The van der Waals surface area contributed by atoms with Crippen LogP contribution in [0.3, 0.4) is 0 Å². The summed E-state index contributed by atoms with van der Waals surface area (Å²) in [5.41, 5.74) is -0.0230. The SMILES string of the molecule is COC(C)(C)CC(C)NC1C=CCCC1. The highest BCUT2D eigenvalue weighted by atomic mass is 16.5. The Morgan fingerprint density at radius 3 is 2.80 bits per heavy atom. The summed E-state index contributed by atoms with van der Waals surface area (Å²) in [5, 5.41) is 3.64. The molecule has 2 heteroatoms. The molecule has 0 aromatic rings. The van der Waals surface area contributed by atoms with Gasteiger partial charge in [-0.1, -0.05) is 12.2 Å². The highest BCUT2D eigenvalue weighted by Crippen LogP contribution is 2.17. The van der Waals surface area contributed by atoms with Gasteiger partial charge >= 0.3 is 0 Å². The minimum Gasteiger partial charge on any atom is -0.379 e. The highest BCUT2D eigenvalue weighted by Gasteiger charge is 2.21. The van der Waals surface area contributed by atoms with Gasteiger partial charge in [0.05, 0.1) is 5.60 Å². The summed E-state index contributed by atoms with van der Waals surface area (Å²) < 4.78 is 5.44. The van der Waals surface area contributed by atoms with Crippen LogP contribution in [0.2, 0.25) is 0 Å². The van der Waals surface area contributed by atoms with E-state index in [1.807, 2.05) is 0 Å². The van der Waals surface area contributed by atoms with E-state index in [9.17, 15) is 0 Å². The zero-order chi connectivity index (χ0) is 11.3. The molecule has 0 fully saturated rings. The lowest BCUT2D eigenvalue weighted by Gasteiger charge is -2.30. The van der Waals surface area contributed by atoms with E-state index in [0.29, 0.717) is 12.1 Å². The van der Waals surface area contributed by atoms with Gasteiger partial charge in [0.2, 0.25) is 0 Å². The topological polar surface area (TPSA) is 21.3 Å². The minimum atomic E-state index is -0.0230. The van der Waals surface area contributed by atoms with Crippen molar-refractivity contribution in [2.45, 2.75) is 64.1 Å². The second-order valence-electron chi connectivity index (χ2n) is 5.20. The third kappa shape index (κ3) is 4.80. The molecule has 0 spiro atoms. The Kier molecular flexibility index (Phi) is 4.81. The molecule has 2 atom stereocenters. The van der Waals surface area contributed by atoms with Gasteiger partial charge in [0.25, 0.3) is 0 Å². The second-order valence-corrected chi connectivity index (χ2v) is 5.20. The fourth-order valence-electron chi connectivity index (χ4n) is 2.20. The lowest BCUT2D eigenvalue weighted by molar-refractivity contribution is 0.00798. The average molecular weight is 211 g/mol. The van der Waals surface area contributed by atoms with Crippen molar-refractivity contribution in [3.05, 3.63) is 12.2 Å². The molecule has 0 saturated heterocycles. The Balaban J connectivity index is 2.31. The number of allylic oxidation sites excluding steroid dienone is 1. The van der Waals surface area contributed by atoms with E-state index in [-0.39, 0.29) is 5.60 Å². The fraction of sp³-hybridized carbons (Fsp3) is 0.846. The third-order valence-electron chi connectivity index (χ3n) is 3.10. The van der Waals surface area contributed by atoms with Gasteiger partial charge in [-0.15, -0.1) is 0 Å². The number of ether oxygens (including phenoxy) is 1. The van der Waals surface area contributed by atoms with Crippen LogP contribution in [0.4, 0.5) is 0 Å². The Labute approximate surface area is 94.1 Å². The summed E-state index contributed by atoms with van der Waals surface area (Å²) in [4.78, 5) is 0. The first-order valence-electron chi connectivity index (χ1n) is 6.01. The van der Waals surface area contributed by atoms with Crippen LogP contribution in [-0.4, -0.2) is 24.8 Å². The molecular formula is C13H25NO. The lowest BCUT2D eigenvalue weighted by Crippen LogP contribution is -2.40. The van der Waals surface area contributed by atoms with Crippen LogP contribution in [0.5, 0.6) is 0 Å². The second kappa shape index (κ2) is 5.66. The summed E-state index contributed by atoms with van der Waals surface area (Å²) in [5.74, 6) is 0. The number of hydrogen-bond acceptors (Lipinski definition) is 2. The van der Waals surface area contributed by atoms with E-state index < -0.39 is 0 Å². The van der Waals surface area contributed by atoms with Crippen LogP contribution in [0.25, 0.3) is 0 Å². The Hall–Kier alpha value is -0.340. The molecule has 0 heterocycles. The van der Waals surface area contributed by atoms with Gasteiger partial charge in [0, 0.05) is 19.2 Å². The van der Waals surface area contributed by atoms with Gasteiger partial charge in [-0.05, 0) is 46.5 Å². The van der Waals surface area contributed by atoms with E-state index in [1.165, 1.54) is 19.3 Å². The normalized spacial score (nSPS) is 24.1. The Morgan fingerprint density at radius 1 is 1.53 bits per heavy atom. The van der Waals surface area contributed by atoms with Gasteiger partial charge in [0.15, 0.2) is 0 Å². The number of nitrogens with one attached hydrogen (secondary N) is 1. The molecule has 0 aliphatic heterocycles. The van der Waals surface area contributed by atoms with Crippen LogP contribution in [0.15, 0.2) is 12.2 Å². The van der Waals surface area contributed by atoms with Crippen LogP contribution in [0, 0.1) is 0 Å². The maximum absolute atomic E-state index is 5.44. The molecule has 1 N–H and O–H groups in total. The van der Waals surface area contributed by atoms with Gasteiger partial charge in [-0.3, -0.25) is 0 Å². The van der Waals surface area contributed by atoms with Gasteiger partial charge < -0.3 is 10.1 Å². The predicted octanol–water partition coefficient (Wildman–Crippen LogP) is 2.89. The van der Waals surface area contributed by atoms with Crippen molar-refractivity contribution in [3.63, 3.8) is 0 Å². The van der Waals surface area contributed by atoms with Crippen LogP contribution in [0.1, 0.15) is 46.5 Å². The smallest absolute Gasteiger partial charge is 0.0637 e. The lowest BCUT2D eigenvalue weighted by atomic mass is 9.97. The zero-order valence-corrected chi connectivity index (χ0v) is 10.5. The minimum absolute atomic E-state index is 0.0230. The van der Waals surface area contributed by atoms with Gasteiger partial charge in [0.1, 0.15) is 0 Å².